The Bertz CT molecular complexity index is 1520. The molecule has 0 spiro atoms. The molecule has 0 amide bonds. The summed E-state index contributed by atoms with van der Waals surface area (Å²) in [5.41, 5.74) is 13.3. The van der Waals surface area contributed by atoms with E-state index >= 15 is 0 Å². The number of rotatable bonds is 6. The van der Waals surface area contributed by atoms with Gasteiger partial charge in [-0.1, -0.05) is 12.1 Å². The van der Waals surface area contributed by atoms with E-state index in [1.165, 1.54) is 0 Å². The topological polar surface area (TPSA) is 119 Å². The Labute approximate surface area is 221 Å². The van der Waals surface area contributed by atoms with Gasteiger partial charge in [0.2, 0.25) is 11.4 Å². The van der Waals surface area contributed by atoms with E-state index in [1.54, 1.807) is 25.1 Å². The monoisotopic (exact) mass is 511 g/mol. The number of pyridine rings is 1. The van der Waals surface area contributed by atoms with E-state index in [-0.39, 0.29) is 0 Å². The number of carboxylic acids is 1. The summed E-state index contributed by atoms with van der Waals surface area (Å²) in [5, 5.41) is 13.4. The summed E-state index contributed by atoms with van der Waals surface area (Å²) in [5.74, 6) is 1.06. The molecule has 5 rings (SSSR count). The van der Waals surface area contributed by atoms with Gasteiger partial charge in [-0.2, -0.15) is 9.67 Å². The first-order valence-electron chi connectivity index (χ1n) is 11.9. The molecule has 4 aromatic rings. The highest BCUT2D eigenvalue weighted by Crippen LogP contribution is 2.30. The Balaban J connectivity index is 0.000000786. The Morgan fingerprint density at radius 1 is 1.05 bits per heavy atom. The molecule has 0 bridgehead atoms. The van der Waals surface area contributed by atoms with Crippen LogP contribution in [0.1, 0.15) is 30.7 Å². The molecule has 2 aromatic heterocycles. The Morgan fingerprint density at radius 3 is 2.45 bits per heavy atom. The van der Waals surface area contributed by atoms with Gasteiger partial charge < -0.3 is 25.1 Å². The van der Waals surface area contributed by atoms with Gasteiger partial charge in [-0.3, -0.25) is 0 Å². The zero-order valence-electron chi connectivity index (χ0n) is 21.7. The first-order chi connectivity index (χ1) is 18.3. The SMILES string of the molecule is CC(=O)[O-].COc1ccc(C2=C(C)C(=Nc3cnn(Cc4cccc(OC)c4)c3N)c3cccc[n+]32)cc1. The van der Waals surface area contributed by atoms with Gasteiger partial charge in [-0.05, 0) is 61.9 Å². The number of aliphatic carboxylic acids is 1. The number of nitrogen functional groups attached to an aromatic ring is 1. The van der Waals surface area contributed by atoms with Crippen molar-refractivity contribution in [2.45, 2.75) is 20.4 Å². The van der Waals surface area contributed by atoms with E-state index in [2.05, 4.69) is 41.0 Å². The number of methoxy groups -OCH3 is 2. The lowest BCUT2D eigenvalue weighted by atomic mass is 10.1. The van der Waals surface area contributed by atoms with Crippen molar-refractivity contribution in [3.63, 3.8) is 0 Å². The maximum Gasteiger partial charge on any atom is 0.237 e. The number of aromatic nitrogens is 3. The third-order valence-corrected chi connectivity index (χ3v) is 5.98. The fourth-order valence-electron chi connectivity index (χ4n) is 4.22. The number of nitrogens with two attached hydrogens (primary N) is 1. The number of fused-ring (bicyclic) bond motifs is 1. The van der Waals surface area contributed by atoms with Crippen LogP contribution in [0, 0.1) is 0 Å². The van der Waals surface area contributed by atoms with Crippen molar-refractivity contribution in [2.24, 2.45) is 4.99 Å². The fourth-order valence-corrected chi connectivity index (χ4v) is 4.22. The summed E-state index contributed by atoms with van der Waals surface area (Å²) in [6.07, 6.45) is 3.77. The number of carboxylic acid groups (broad SMARTS) is 1. The summed E-state index contributed by atoms with van der Waals surface area (Å²) in [6.45, 7) is 3.59. The molecule has 0 atom stereocenters. The van der Waals surface area contributed by atoms with Gasteiger partial charge in [0.1, 0.15) is 28.7 Å². The number of anilines is 1. The van der Waals surface area contributed by atoms with Crippen LogP contribution in [0.15, 0.2) is 89.7 Å². The summed E-state index contributed by atoms with van der Waals surface area (Å²) >= 11 is 0. The highest BCUT2D eigenvalue weighted by molar-refractivity contribution is 6.17. The third-order valence-electron chi connectivity index (χ3n) is 5.98. The van der Waals surface area contributed by atoms with E-state index in [0.29, 0.717) is 18.1 Å². The van der Waals surface area contributed by atoms with Gasteiger partial charge in [0.25, 0.3) is 0 Å². The number of hydrogen-bond acceptors (Lipinski definition) is 7. The van der Waals surface area contributed by atoms with Crippen LogP contribution in [0.5, 0.6) is 11.5 Å². The molecule has 1 aliphatic heterocycles. The zero-order valence-corrected chi connectivity index (χ0v) is 21.7. The predicted molar refractivity (Wildman–Crippen MR) is 143 cm³/mol. The Hall–Kier alpha value is -4.92. The van der Waals surface area contributed by atoms with Gasteiger partial charge in [-0.15, -0.1) is 0 Å². The number of allylic oxidation sites excluding steroid dienone is 1. The minimum absolute atomic E-state index is 0.517. The minimum atomic E-state index is -1.08. The number of ether oxygens (including phenoxy) is 2. The fraction of sp³-hybridized carbons (Fsp3) is 0.172. The molecule has 9 nitrogen and oxygen atoms in total. The van der Waals surface area contributed by atoms with Crippen LogP contribution in [0.3, 0.4) is 0 Å². The largest absolute Gasteiger partial charge is 0.550 e. The number of nitrogens with zero attached hydrogens (tertiary/aromatic N) is 4. The Morgan fingerprint density at radius 2 is 1.76 bits per heavy atom. The zero-order chi connectivity index (χ0) is 27.2. The molecule has 0 aliphatic carbocycles. The second-order valence-corrected chi connectivity index (χ2v) is 8.53. The highest BCUT2D eigenvalue weighted by atomic mass is 16.5. The third kappa shape index (κ3) is 5.57. The lowest BCUT2D eigenvalue weighted by Gasteiger charge is -2.06. The first-order valence-corrected chi connectivity index (χ1v) is 11.9. The molecule has 2 N–H and O–H groups in total. The van der Waals surface area contributed by atoms with Crippen molar-refractivity contribution in [2.75, 3.05) is 20.0 Å². The smallest absolute Gasteiger partial charge is 0.237 e. The molecule has 0 radical (unpaired) electrons. The molecule has 38 heavy (non-hydrogen) atoms. The van der Waals surface area contributed by atoms with Gasteiger partial charge in [0.05, 0.1) is 32.5 Å². The quantitative estimate of drug-likeness (QED) is 0.398. The molecule has 0 saturated carbocycles. The van der Waals surface area contributed by atoms with E-state index in [0.717, 1.165) is 52.2 Å². The standard InChI is InChI=1S/C27H25N5O2.C2H4O2/c1-18-25(24-9-4-5-14-31(24)26(18)20-10-12-21(33-2)13-11-20)30-23-16-29-32(27(23)28)17-19-7-6-8-22(15-19)34-3;1-2(3)4/h4-16,28H,17H2,1-3H3;1H3,(H,3,4). The van der Waals surface area contributed by atoms with Gasteiger partial charge in [-0.25, -0.2) is 9.67 Å². The molecule has 2 aromatic carbocycles. The van der Waals surface area contributed by atoms with E-state index in [9.17, 15) is 0 Å². The molecule has 0 fully saturated rings. The lowest BCUT2D eigenvalue weighted by Crippen LogP contribution is -2.34. The van der Waals surface area contributed by atoms with Crippen molar-refractivity contribution in [1.29, 1.82) is 0 Å². The predicted octanol–water partition coefficient (Wildman–Crippen LogP) is 2.99. The number of hydrogen-bond donors (Lipinski definition) is 1. The average Bonchev–Trinajstić information content (AvgIpc) is 3.40. The van der Waals surface area contributed by atoms with Crippen LogP contribution in [-0.2, 0) is 11.3 Å². The summed E-state index contributed by atoms with van der Waals surface area (Å²) < 4.78 is 14.6. The van der Waals surface area contributed by atoms with Crippen LogP contribution in [-0.4, -0.2) is 35.7 Å². The van der Waals surface area contributed by atoms with E-state index in [1.807, 2.05) is 48.5 Å². The van der Waals surface area contributed by atoms with Crippen molar-refractivity contribution < 1.29 is 23.9 Å². The molecule has 3 heterocycles. The van der Waals surface area contributed by atoms with Crippen LogP contribution in [0.25, 0.3) is 5.70 Å². The molecular formula is C29H29N5O4. The van der Waals surface area contributed by atoms with Crippen LogP contribution < -0.4 is 24.9 Å². The Kier molecular flexibility index (Phi) is 7.86. The lowest BCUT2D eigenvalue weighted by molar-refractivity contribution is -0.577. The van der Waals surface area contributed by atoms with Crippen molar-refractivity contribution in [3.8, 4) is 11.5 Å². The molecule has 1 aliphatic rings. The first kappa shape index (κ1) is 26.2. The van der Waals surface area contributed by atoms with E-state index in [4.69, 9.17) is 30.1 Å². The summed E-state index contributed by atoms with van der Waals surface area (Å²) in [4.78, 5) is 13.9. The van der Waals surface area contributed by atoms with Crippen molar-refractivity contribution in [3.05, 3.63) is 102 Å². The highest BCUT2D eigenvalue weighted by Gasteiger charge is 2.34. The van der Waals surface area contributed by atoms with Crippen LogP contribution in [0.4, 0.5) is 11.5 Å². The number of aliphatic imine (C=N–C) groups is 1. The second-order valence-electron chi connectivity index (χ2n) is 8.53. The molecule has 0 saturated heterocycles. The average molecular weight is 512 g/mol. The number of carbonyl (C=O) groups is 1. The van der Waals surface area contributed by atoms with Gasteiger partial charge in [0.15, 0.2) is 6.20 Å². The summed E-state index contributed by atoms with van der Waals surface area (Å²) in [7, 11) is 3.33. The van der Waals surface area contributed by atoms with Gasteiger partial charge in [0, 0.05) is 23.7 Å². The minimum Gasteiger partial charge on any atom is -0.550 e. The number of carbonyl (C=O) groups excluding carboxylic acids is 1. The van der Waals surface area contributed by atoms with E-state index < -0.39 is 5.97 Å². The maximum absolute atomic E-state index is 8.89. The maximum atomic E-state index is 8.89. The molecule has 9 heteroatoms. The van der Waals surface area contributed by atoms with Crippen molar-refractivity contribution >= 4 is 28.9 Å². The second kappa shape index (κ2) is 11.4. The number of benzene rings is 2. The normalized spacial score (nSPS) is 13.1. The molecule has 194 valence electrons. The van der Waals surface area contributed by atoms with Crippen LogP contribution >= 0.6 is 0 Å². The van der Waals surface area contributed by atoms with Crippen molar-refractivity contribution in [1.82, 2.24) is 9.78 Å². The van der Waals surface area contributed by atoms with Crippen LogP contribution in [0.2, 0.25) is 0 Å². The van der Waals surface area contributed by atoms with Gasteiger partial charge >= 0.3 is 0 Å². The molecule has 0 unspecified atom stereocenters. The molecular weight excluding hydrogens is 482 g/mol. The summed E-state index contributed by atoms with van der Waals surface area (Å²) in [6, 6.07) is 22.0.